The van der Waals surface area contributed by atoms with E-state index < -0.39 is 47.7 Å². The average molecular weight is 597 g/mol. The number of anilines is 3. The van der Waals surface area contributed by atoms with E-state index in [4.69, 9.17) is 10.5 Å². The molecule has 0 saturated carbocycles. The molecule has 1 aromatic heterocycles. The Hall–Kier alpha value is -4.89. The molecular formula is C26H21F6N5O5. The summed E-state index contributed by atoms with van der Waals surface area (Å²) in [6, 6.07) is 5.47. The number of benzene rings is 2. The average Bonchev–Trinajstić information content (AvgIpc) is 3.12. The zero-order valence-electron chi connectivity index (χ0n) is 21.9. The summed E-state index contributed by atoms with van der Waals surface area (Å²) < 4.78 is 89.1. The van der Waals surface area contributed by atoms with E-state index >= 15 is 0 Å². The number of alkyl halides is 6. The first-order valence-corrected chi connectivity index (χ1v) is 12.0. The largest absolute Gasteiger partial charge is 0.491 e. The Morgan fingerprint density at radius 1 is 1.02 bits per heavy atom. The Bertz CT molecular complexity index is 1560. The van der Waals surface area contributed by atoms with Crippen molar-refractivity contribution >= 4 is 35.1 Å². The molecule has 1 aliphatic rings. The predicted octanol–water partition coefficient (Wildman–Crippen LogP) is 5.71. The molecule has 1 saturated heterocycles. The highest BCUT2D eigenvalue weighted by Gasteiger charge is 2.53. The fraction of sp³-hybridized carbons (Fsp3) is 0.269. The number of esters is 1. The van der Waals surface area contributed by atoms with Gasteiger partial charge in [0.25, 0.3) is 12.1 Å². The highest BCUT2D eigenvalue weighted by molar-refractivity contribution is 6.28. The van der Waals surface area contributed by atoms with Gasteiger partial charge in [-0.3, -0.25) is 4.79 Å². The van der Waals surface area contributed by atoms with Gasteiger partial charge in [-0.15, -0.1) is 0 Å². The minimum Gasteiger partial charge on any atom is -0.439 e. The number of urea groups is 1. The number of halogens is 6. The molecule has 42 heavy (non-hydrogen) atoms. The monoisotopic (exact) mass is 597 g/mol. The van der Waals surface area contributed by atoms with E-state index in [9.17, 15) is 40.7 Å². The van der Waals surface area contributed by atoms with Crippen LogP contribution in [0, 0.1) is 6.92 Å². The quantitative estimate of drug-likeness (QED) is 0.218. The Labute approximate surface area is 233 Å². The fourth-order valence-corrected chi connectivity index (χ4v) is 4.16. The minimum absolute atomic E-state index is 0.125. The maximum absolute atomic E-state index is 13.4. The van der Waals surface area contributed by atoms with Crippen LogP contribution in [-0.4, -0.2) is 40.3 Å². The summed E-state index contributed by atoms with van der Waals surface area (Å²) in [6.07, 6.45) is -11.8. The van der Waals surface area contributed by atoms with Crippen LogP contribution in [0.4, 0.5) is 48.3 Å². The fourth-order valence-electron chi connectivity index (χ4n) is 4.16. The predicted molar refractivity (Wildman–Crippen MR) is 135 cm³/mol. The molecule has 4 rings (SSSR count). The number of carbonyl (C=O) groups excluding carboxylic acids is 3. The highest BCUT2D eigenvalue weighted by Crippen LogP contribution is 2.38. The van der Waals surface area contributed by atoms with Crippen molar-refractivity contribution in [3.05, 3.63) is 65.5 Å². The van der Waals surface area contributed by atoms with Gasteiger partial charge in [-0.05, 0) is 54.8 Å². The molecule has 0 radical (unpaired) electrons. The molecule has 1 aliphatic heterocycles. The molecule has 1 fully saturated rings. The molecule has 2 N–H and O–H groups in total. The van der Waals surface area contributed by atoms with Crippen molar-refractivity contribution in [1.82, 2.24) is 9.97 Å². The smallest absolute Gasteiger partial charge is 0.439 e. The van der Waals surface area contributed by atoms with Gasteiger partial charge < -0.3 is 15.2 Å². The van der Waals surface area contributed by atoms with Gasteiger partial charge in [0.2, 0.25) is 5.88 Å². The molecule has 3 aromatic rings. The van der Waals surface area contributed by atoms with Crippen LogP contribution in [0.15, 0.2) is 48.8 Å². The maximum atomic E-state index is 13.4. The van der Waals surface area contributed by atoms with E-state index in [0.29, 0.717) is 22.6 Å². The number of aromatic nitrogens is 2. The zero-order chi connectivity index (χ0) is 31.1. The van der Waals surface area contributed by atoms with Crippen molar-refractivity contribution in [1.29, 1.82) is 0 Å². The topological polar surface area (TPSA) is 128 Å². The van der Waals surface area contributed by atoms with Crippen LogP contribution >= 0.6 is 0 Å². The molecule has 1 unspecified atom stereocenters. The van der Waals surface area contributed by atoms with Crippen molar-refractivity contribution in [3.63, 3.8) is 0 Å². The van der Waals surface area contributed by atoms with Crippen molar-refractivity contribution in [3.8, 4) is 11.6 Å². The Morgan fingerprint density at radius 3 is 2.31 bits per heavy atom. The van der Waals surface area contributed by atoms with Crippen LogP contribution in [0.5, 0.6) is 11.6 Å². The number of imide groups is 1. The summed E-state index contributed by atoms with van der Waals surface area (Å²) >= 11 is 0. The SMILES string of the molecule is Cc1cc(Oc2ncnc(N)c2C(C)C)ccc1N1C(=O)C(OC(=O)C(F)(F)F)N(c2cccc(C(F)(F)F)c2)C1=O. The minimum atomic E-state index is -5.57. The molecule has 16 heteroatoms. The Kier molecular flexibility index (Phi) is 7.76. The number of hydrogen-bond acceptors (Lipinski definition) is 8. The number of hydrogen-bond donors (Lipinski definition) is 1. The lowest BCUT2D eigenvalue weighted by Crippen LogP contribution is -2.42. The lowest BCUT2D eigenvalue weighted by atomic mass is 10.1. The molecule has 1 atom stereocenters. The molecule has 0 bridgehead atoms. The van der Waals surface area contributed by atoms with Crippen LogP contribution in [-0.2, 0) is 20.5 Å². The number of nitrogens with zero attached hydrogens (tertiary/aromatic N) is 4. The van der Waals surface area contributed by atoms with Gasteiger partial charge in [-0.2, -0.15) is 26.3 Å². The van der Waals surface area contributed by atoms with Crippen molar-refractivity contribution in [2.45, 2.75) is 45.3 Å². The summed E-state index contributed by atoms with van der Waals surface area (Å²) in [5, 5.41) is 0. The Balaban J connectivity index is 1.73. The summed E-state index contributed by atoms with van der Waals surface area (Å²) in [5.74, 6) is -3.90. The number of rotatable bonds is 6. The molecule has 222 valence electrons. The lowest BCUT2D eigenvalue weighted by molar-refractivity contribution is -0.204. The molecule has 0 spiro atoms. The van der Waals surface area contributed by atoms with Crippen LogP contribution in [0.1, 0.15) is 36.5 Å². The molecular weight excluding hydrogens is 576 g/mol. The molecule has 2 aromatic carbocycles. The van der Waals surface area contributed by atoms with E-state index in [0.717, 1.165) is 12.1 Å². The second kappa shape index (κ2) is 10.8. The number of aryl methyl sites for hydroxylation is 1. The molecule has 2 heterocycles. The summed E-state index contributed by atoms with van der Waals surface area (Å²) in [7, 11) is 0. The summed E-state index contributed by atoms with van der Waals surface area (Å²) in [6.45, 7) is 5.10. The van der Waals surface area contributed by atoms with E-state index in [-0.39, 0.29) is 39.5 Å². The first kappa shape index (κ1) is 30.1. The number of carbonyl (C=O) groups is 3. The molecule has 3 amide bonds. The van der Waals surface area contributed by atoms with Crippen molar-refractivity contribution < 1.29 is 50.2 Å². The first-order valence-electron chi connectivity index (χ1n) is 12.0. The normalized spacial score (nSPS) is 15.9. The highest BCUT2D eigenvalue weighted by atomic mass is 19.4. The van der Waals surface area contributed by atoms with E-state index in [1.807, 2.05) is 13.8 Å². The molecule has 0 aliphatic carbocycles. The van der Waals surface area contributed by atoms with E-state index in [1.165, 1.54) is 31.5 Å². The second-order valence-electron chi connectivity index (χ2n) is 9.31. The second-order valence-corrected chi connectivity index (χ2v) is 9.31. The van der Waals surface area contributed by atoms with Crippen LogP contribution in [0.25, 0.3) is 0 Å². The van der Waals surface area contributed by atoms with Gasteiger partial charge in [0.05, 0.1) is 22.5 Å². The van der Waals surface area contributed by atoms with Crippen molar-refractivity contribution in [2.75, 3.05) is 15.5 Å². The van der Waals surface area contributed by atoms with Gasteiger partial charge in [-0.1, -0.05) is 19.9 Å². The van der Waals surface area contributed by atoms with Crippen LogP contribution in [0.2, 0.25) is 0 Å². The van der Waals surface area contributed by atoms with Crippen LogP contribution < -0.4 is 20.3 Å². The van der Waals surface area contributed by atoms with Gasteiger partial charge >= 0.3 is 24.4 Å². The van der Waals surface area contributed by atoms with Crippen LogP contribution in [0.3, 0.4) is 0 Å². The number of ether oxygens (including phenoxy) is 2. The third-order valence-electron chi connectivity index (χ3n) is 6.04. The zero-order valence-corrected chi connectivity index (χ0v) is 21.9. The lowest BCUT2D eigenvalue weighted by Gasteiger charge is -2.23. The Morgan fingerprint density at radius 2 is 1.71 bits per heavy atom. The van der Waals surface area contributed by atoms with Gasteiger partial charge in [-0.25, -0.2) is 29.4 Å². The third-order valence-corrected chi connectivity index (χ3v) is 6.04. The standard InChI is InChI=1S/C26H21F6N5O5/c1-12(2)18-19(33)34-11-35-20(18)41-16-7-8-17(13(3)9-16)37-21(38)22(42-23(39)26(30,31)32)36(24(37)40)15-6-4-5-14(10-15)25(27,28)29/h4-12,22H,1-3H3,(H2,33,34,35). The number of amides is 3. The number of nitrogens with two attached hydrogens (primary N) is 1. The van der Waals surface area contributed by atoms with E-state index in [1.54, 1.807) is 0 Å². The maximum Gasteiger partial charge on any atom is 0.491 e. The summed E-state index contributed by atoms with van der Waals surface area (Å²) in [4.78, 5) is 47.0. The van der Waals surface area contributed by atoms with Gasteiger partial charge in [0.15, 0.2) is 0 Å². The molecule has 10 nitrogen and oxygen atoms in total. The van der Waals surface area contributed by atoms with E-state index in [2.05, 4.69) is 14.7 Å². The van der Waals surface area contributed by atoms with Gasteiger partial charge in [0, 0.05) is 0 Å². The van der Waals surface area contributed by atoms with Crippen molar-refractivity contribution in [2.24, 2.45) is 0 Å². The first-order chi connectivity index (χ1) is 19.5. The van der Waals surface area contributed by atoms with Gasteiger partial charge in [0.1, 0.15) is 17.9 Å². The number of nitrogen functional groups attached to an aromatic ring is 1. The third kappa shape index (κ3) is 5.77. The summed E-state index contributed by atoms with van der Waals surface area (Å²) in [5.41, 5.74) is 4.57.